The highest BCUT2D eigenvalue weighted by Crippen LogP contribution is 2.41. The van der Waals surface area contributed by atoms with E-state index < -0.39 is 33.7 Å². The van der Waals surface area contributed by atoms with E-state index in [4.69, 9.17) is 5.11 Å². The van der Waals surface area contributed by atoms with Gasteiger partial charge in [0.25, 0.3) is 5.69 Å². The van der Waals surface area contributed by atoms with Crippen LogP contribution in [0.4, 0.5) is 5.69 Å². The smallest absolute Gasteiger partial charge is 0.352 e. The normalized spacial score (nSPS) is 10.8. The maximum absolute atomic E-state index is 11.2. The van der Waals surface area contributed by atoms with E-state index in [1.165, 1.54) is 6.07 Å². The Labute approximate surface area is 132 Å². The summed E-state index contributed by atoms with van der Waals surface area (Å²) in [5.74, 6) is -1.43. The monoisotopic (exact) mass is 421 g/mol. The molecule has 0 saturated heterocycles. The van der Waals surface area contributed by atoms with Gasteiger partial charge in [0.05, 0.1) is 21.4 Å². The van der Waals surface area contributed by atoms with Crippen LogP contribution in [0.2, 0.25) is 0 Å². The number of nitro benzene ring substituents is 1. The first-order chi connectivity index (χ1) is 9.73. The van der Waals surface area contributed by atoms with Crippen LogP contribution >= 0.6 is 31.9 Å². The summed E-state index contributed by atoms with van der Waals surface area (Å²) < 4.78 is 0.410. The molecule has 1 aromatic heterocycles. The largest absolute Gasteiger partial charge is 0.477 e. The van der Waals surface area contributed by atoms with Crippen LogP contribution in [0.25, 0.3) is 10.9 Å². The molecule has 0 aliphatic rings. The van der Waals surface area contributed by atoms with Crippen LogP contribution in [-0.2, 0) is 6.54 Å². The maximum atomic E-state index is 11.2. The zero-order valence-electron chi connectivity index (χ0n) is 9.92. The molecule has 1 aromatic carbocycles. The highest BCUT2D eigenvalue weighted by molar-refractivity contribution is 9.13. The van der Waals surface area contributed by atoms with Gasteiger partial charge in [-0.1, -0.05) is 0 Å². The number of benzene rings is 1. The molecule has 0 saturated carbocycles. The van der Waals surface area contributed by atoms with Crippen molar-refractivity contribution in [3.63, 3.8) is 0 Å². The van der Waals surface area contributed by atoms with Gasteiger partial charge < -0.3 is 10.1 Å². The minimum absolute atomic E-state index is 0.0838. The summed E-state index contributed by atoms with van der Waals surface area (Å²) in [6.45, 7) is -0.837. The quantitative estimate of drug-likeness (QED) is 0.573. The van der Waals surface area contributed by atoms with E-state index in [9.17, 15) is 25.0 Å². The van der Waals surface area contributed by atoms with Crippen LogP contribution in [0.1, 0.15) is 16.1 Å². The molecule has 2 aromatic rings. The van der Waals surface area contributed by atoms with Gasteiger partial charge in [0, 0.05) is 9.40 Å². The number of nitrogens with zero attached hydrogens (tertiary/aromatic N) is 2. The van der Waals surface area contributed by atoms with Crippen LogP contribution in [-0.4, -0.2) is 25.9 Å². The first-order valence-corrected chi connectivity index (χ1v) is 6.84. The Bertz CT molecular complexity index is 800. The van der Waals surface area contributed by atoms with E-state index in [1.807, 2.05) is 0 Å². The Balaban J connectivity index is 2.98. The van der Waals surface area contributed by atoms with E-state index in [0.29, 0.717) is 4.47 Å². The maximum Gasteiger partial charge on any atom is 0.352 e. The minimum Gasteiger partial charge on any atom is -0.477 e. The molecule has 1 heterocycles. The number of hydrogen-bond donors (Lipinski definition) is 2. The van der Waals surface area contributed by atoms with E-state index in [2.05, 4.69) is 36.8 Å². The summed E-state index contributed by atoms with van der Waals surface area (Å²) >= 11 is 6.13. The first kappa shape index (κ1) is 15.4. The first-order valence-electron chi connectivity index (χ1n) is 5.26. The van der Waals surface area contributed by atoms with Crippen molar-refractivity contribution in [3.05, 3.63) is 46.5 Å². The second kappa shape index (κ2) is 5.41. The summed E-state index contributed by atoms with van der Waals surface area (Å²) in [6, 6.07) is 1.42. The van der Waals surface area contributed by atoms with Crippen molar-refractivity contribution in [2.75, 3.05) is 0 Å². The molecule has 21 heavy (non-hydrogen) atoms. The van der Waals surface area contributed by atoms with Gasteiger partial charge in [-0.2, -0.15) is 0 Å². The topological polar surface area (TPSA) is 139 Å². The van der Waals surface area contributed by atoms with E-state index >= 15 is 0 Å². The fraction of sp³-hybridized carbons (Fsp3) is 0.100. The Morgan fingerprint density at radius 1 is 1.33 bits per heavy atom. The zero-order valence-corrected chi connectivity index (χ0v) is 13.1. The number of carboxylic acids is 1. The lowest BCUT2D eigenvalue weighted by atomic mass is 10.1. The summed E-state index contributed by atoms with van der Waals surface area (Å²) in [4.78, 5) is 34.1. The molecular weight excluding hydrogens is 418 g/mol. The van der Waals surface area contributed by atoms with Crippen molar-refractivity contribution < 1.29 is 19.7 Å². The number of aromatic nitrogens is 1. The number of nitro groups is 2. The average molecular weight is 423 g/mol. The highest BCUT2D eigenvalue weighted by Gasteiger charge is 2.30. The molecule has 0 aliphatic carbocycles. The molecule has 0 radical (unpaired) electrons. The zero-order chi connectivity index (χ0) is 15.9. The van der Waals surface area contributed by atoms with Gasteiger partial charge in [-0.3, -0.25) is 20.2 Å². The van der Waals surface area contributed by atoms with Crippen LogP contribution < -0.4 is 0 Å². The molecule has 9 nitrogen and oxygen atoms in total. The predicted octanol–water partition coefficient (Wildman–Crippen LogP) is 3.08. The van der Waals surface area contributed by atoms with Crippen molar-refractivity contribution in [2.45, 2.75) is 6.54 Å². The third kappa shape index (κ3) is 2.61. The second-order valence-corrected chi connectivity index (χ2v) is 5.62. The number of aromatic amines is 1. The van der Waals surface area contributed by atoms with E-state index in [0.717, 1.165) is 0 Å². The SMILES string of the molecule is O=C(O)c1[nH]c2cc(Br)c(Br)c([N+](=O)[O-])c2c1C[N+](=O)[O-]. The lowest BCUT2D eigenvalue weighted by Crippen LogP contribution is -2.06. The molecule has 2 rings (SSSR count). The Hall–Kier alpha value is -2.01. The number of rotatable bonds is 4. The van der Waals surface area contributed by atoms with Gasteiger partial charge in [-0.15, -0.1) is 0 Å². The number of fused-ring (bicyclic) bond motifs is 1. The van der Waals surface area contributed by atoms with Gasteiger partial charge >= 0.3 is 5.97 Å². The Morgan fingerprint density at radius 2 is 1.95 bits per heavy atom. The molecule has 0 fully saturated rings. The molecule has 0 aliphatic heterocycles. The van der Waals surface area contributed by atoms with Crippen LogP contribution in [0.3, 0.4) is 0 Å². The molecule has 11 heteroatoms. The van der Waals surface area contributed by atoms with Gasteiger partial charge in [-0.05, 0) is 37.9 Å². The van der Waals surface area contributed by atoms with Gasteiger partial charge in [-0.25, -0.2) is 4.79 Å². The molecule has 0 amide bonds. The third-order valence-corrected chi connectivity index (χ3v) is 4.70. The number of halogens is 2. The standard InChI is InChI=1S/C10H5Br2N3O6/c11-4-1-5-6(9(7(4)12)15(20)21)3(2-14(18)19)8(13-5)10(16)17/h1,13H,2H2,(H,16,17). The second-order valence-electron chi connectivity index (χ2n) is 3.98. The van der Waals surface area contributed by atoms with Gasteiger partial charge in [0.2, 0.25) is 6.54 Å². The number of nitrogens with one attached hydrogen (secondary N) is 1. The number of aromatic carboxylic acids is 1. The average Bonchev–Trinajstić information content (AvgIpc) is 2.68. The summed E-state index contributed by atoms with van der Waals surface area (Å²) in [5.41, 5.74) is -0.969. The molecule has 0 spiro atoms. The fourth-order valence-electron chi connectivity index (χ4n) is 1.99. The lowest BCUT2D eigenvalue weighted by molar-refractivity contribution is -0.496. The number of hydrogen-bond acceptors (Lipinski definition) is 5. The van der Waals surface area contributed by atoms with Crippen molar-refractivity contribution in [2.24, 2.45) is 0 Å². The van der Waals surface area contributed by atoms with Crippen LogP contribution in [0.5, 0.6) is 0 Å². The number of carbonyl (C=O) groups is 1. The Kier molecular flexibility index (Phi) is 3.96. The summed E-state index contributed by atoms with van der Waals surface area (Å²) in [5, 5.41) is 31.0. The number of H-pyrrole nitrogens is 1. The van der Waals surface area contributed by atoms with Crippen LogP contribution in [0.15, 0.2) is 15.0 Å². The minimum atomic E-state index is -1.43. The molecule has 110 valence electrons. The fourth-order valence-corrected chi connectivity index (χ4v) is 2.87. The van der Waals surface area contributed by atoms with Crippen molar-refractivity contribution in [1.82, 2.24) is 4.98 Å². The van der Waals surface area contributed by atoms with Gasteiger partial charge in [0.1, 0.15) is 10.2 Å². The summed E-state index contributed by atoms with van der Waals surface area (Å²) in [7, 11) is 0. The molecule has 0 bridgehead atoms. The lowest BCUT2D eigenvalue weighted by Gasteiger charge is -2.02. The molecule has 0 atom stereocenters. The predicted molar refractivity (Wildman–Crippen MR) is 78.0 cm³/mol. The van der Waals surface area contributed by atoms with Gasteiger partial charge in [0.15, 0.2) is 0 Å². The third-order valence-electron chi connectivity index (χ3n) is 2.74. The van der Waals surface area contributed by atoms with E-state index in [-0.39, 0.29) is 20.9 Å². The van der Waals surface area contributed by atoms with Crippen molar-refractivity contribution >= 4 is 54.4 Å². The molecular formula is C10H5Br2N3O6. The van der Waals surface area contributed by atoms with Crippen molar-refractivity contribution in [3.8, 4) is 0 Å². The number of carboxylic acid groups (broad SMARTS) is 1. The Morgan fingerprint density at radius 3 is 2.43 bits per heavy atom. The van der Waals surface area contributed by atoms with E-state index in [1.54, 1.807) is 0 Å². The van der Waals surface area contributed by atoms with Crippen LogP contribution in [0, 0.1) is 20.2 Å². The summed E-state index contributed by atoms with van der Waals surface area (Å²) in [6.07, 6.45) is 0. The highest BCUT2D eigenvalue weighted by atomic mass is 79.9. The molecule has 0 unspecified atom stereocenters. The molecule has 2 N–H and O–H groups in total. The van der Waals surface area contributed by atoms with Crippen molar-refractivity contribution in [1.29, 1.82) is 0 Å².